The van der Waals surface area contributed by atoms with Crippen molar-refractivity contribution in [3.63, 3.8) is 0 Å². The third kappa shape index (κ3) is 4.14. The predicted octanol–water partition coefficient (Wildman–Crippen LogP) is 1.55. The van der Waals surface area contributed by atoms with Gasteiger partial charge >= 0.3 is 0 Å². The molecule has 2 aromatic rings. The largest absolute Gasteiger partial charge is 0.493 e. The van der Waals surface area contributed by atoms with Crippen molar-refractivity contribution in [1.29, 1.82) is 0 Å². The van der Waals surface area contributed by atoms with Gasteiger partial charge in [0.25, 0.3) is 5.91 Å². The molecule has 2 aromatic carbocycles. The molecule has 150 valence electrons. The second kappa shape index (κ2) is 7.97. The lowest BCUT2D eigenvalue weighted by molar-refractivity contribution is -0.127. The van der Waals surface area contributed by atoms with E-state index in [0.29, 0.717) is 22.9 Å². The monoisotopic (exact) mass is 406 g/mol. The fraction of sp³-hybridized carbons (Fsp3) is 0.316. The number of nitrogens with one attached hydrogen (secondary N) is 1. The summed E-state index contributed by atoms with van der Waals surface area (Å²) in [5.74, 6) is 1.09. The van der Waals surface area contributed by atoms with Gasteiger partial charge in [0.15, 0.2) is 17.6 Å². The van der Waals surface area contributed by atoms with Gasteiger partial charge in [-0.05, 0) is 29.8 Å². The number of nitrogens with zero attached hydrogens (tertiary/aromatic N) is 1. The summed E-state index contributed by atoms with van der Waals surface area (Å²) in [5, 5.41) is 2.78. The molecule has 1 atom stereocenters. The number of sulfonamides is 1. The average Bonchev–Trinajstić information content (AvgIpc) is 2.70. The molecule has 28 heavy (non-hydrogen) atoms. The molecule has 1 aliphatic heterocycles. The average molecular weight is 406 g/mol. The standard InChI is InChI=1S/C19H22N2O6S/c1-25-16-9-8-13(10-17(16)26-2)11-20-19(22)18-12-21(28(3,23)24)14-6-4-5-7-15(14)27-18/h4-10,18H,11-12H2,1-3H3,(H,20,22)/t18-/m0/s1. The van der Waals surface area contributed by atoms with Gasteiger partial charge in [0.1, 0.15) is 5.75 Å². The number of anilines is 1. The Morgan fingerprint density at radius 1 is 1.18 bits per heavy atom. The van der Waals surface area contributed by atoms with Gasteiger partial charge in [-0.1, -0.05) is 18.2 Å². The first-order valence-electron chi connectivity index (χ1n) is 8.55. The van der Waals surface area contributed by atoms with E-state index in [-0.39, 0.29) is 13.1 Å². The first-order chi connectivity index (χ1) is 13.3. The molecule has 0 aromatic heterocycles. The van der Waals surface area contributed by atoms with Crippen molar-refractivity contribution in [1.82, 2.24) is 5.32 Å². The summed E-state index contributed by atoms with van der Waals surface area (Å²) in [7, 11) is -0.465. The summed E-state index contributed by atoms with van der Waals surface area (Å²) in [4.78, 5) is 12.6. The van der Waals surface area contributed by atoms with Crippen LogP contribution in [0.5, 0.6) is 17.2 Å². The third-order valence-corrected chi connectivity index (χ3v) is 5.49. The Morgan fingerprint density at radius 3 is 2.57 bits per heavy atom. The smallest absolute Gasteiger partial charge is 0.263 e. The highest BCUT2D eigenvalue weighted by Crippen LogP contribution is 2.34. The number of methoxy groups -OCH3 is 2. The number of carbonyl (C=O) groups is 1. The number of benzene rings is 2. The Labute approximate surface area is 164 Å². The molecule has 1 heterocycles. The van der Waals surface area contributed by atoms with Crippen molar-refractivity contribution >= 4 is 21.6 Å². The van der Waals surface area contributed by atoms with Gasteiger partial charge in [-0.25, -0.2) is 8.42 Å². The molecular weight excluding hydrogens is 384 g/mol. The van der Waals surface area contributed by atoms with Crippen molar-refractivity contribution in [3.05, 3.63) is 48.0 Å². The van der Waals surface area contributed by atoms with Gasteiger partial charge in [0, 0.05) is 6.54 Å². The van der Waals surface area contributed by atoms with Crippen molar-refractivity contribution in [2.75, 3.05) is 31.3 Å². The van der Waals surface area contributed by atoms with Crippen molar-refractivity contribution in [2.24, 2.45) is 0 Å². The topological polar surface area (TPSA) is 94.2 Å². The van der Waals surface area contributed by atoms with E-state index >= 15 is 0 Å². The molecule has 3 rings (SSSR count). The van der Waals surface area contributed by atoms with Crippen LogP contribution in [0.3, 0.4) is 0 Å². The van der Waals surface area contributed by atoms with Gasteiger partial charge in [0.05, 0.1) is 32.7 Å². The summed E-state index contributed by atoms with van der Waals surface area (Å²) < 4.78 is 41.6. The summed E-state index contributed by atoms with van der Waals surface area (Å²) >= 11 is 0. The normalized spacial score (nSPS) is 16.0. The Morgan fingerprint density at radius 2 is 1.89 bits per heavy atom. The summed E-state index contributed by atoms with van der Waals surface area (Å²) in [6.07, 6.45) is 0.151. The molecule has 1 N–H and O–H groups in total. The molecule has 0 saturated carbocycles. The number of hydrogen-bond donors (Lipinski definition) is 1. The van der Waals surface area contributed by atoms with Crippen LogP contribution in [-0.4, -0.2) is 47.4 Å². The molecule has 9 heteroatoms. The number of para-hydroxylation sites is 2. The van der Waals surface area contributed by atoms with E-state index in [2.05, 4.69) is 5.32 Å². The first kappa shape index (κ1) is 19.8. The molecule has 0 bridgehead atoms. The van der Waals surface area contributed by atoms with Gasteiger partial charge in [-0.2, -0.15) is 0 Å². The molecule has 0 spiro atoms. The molecule has 0 unspecified atom stereocenters. The van der Waals surface area contributed by atoms with Crippen molar-refractivity contribution in [2.45, 2.75) is 12.6 Å². The molecule has 0 radical (unpaired) electrons. The summed E-state index contributed by atoms with van der Waals surface area (Å²) in [6, 6.07) is 12.1. The minimum atomic E-state index is -3.55. The zero-order valence-corrected chi connectivity index (χ0v) is 16.7. The lowest BCUT2D eigenvalue weighted by Gasteiger charge is -2.33. The first-order valence-corrected chi connectivity index (χ1v) is 10.4. The van der Waals surface area contributed by atoms with Crippen molar-refractivity contribution in [3.8, 4) is 17.2 Å². The molecule has 0 fully saturated rings. The third-order valence-electron chi connectivity index (χ3n) is 4.34. The van der Waals surface area contributed by atoms with E-state index in [1.807, 2.05) is 6.07 Å². The molecule has 1 amide bonds. The maximum atomic E-state index is 12.6. The molecule has 1 aliphatic rings. The SMILES string of the molecule is COc1ccc(CNC(=O)[C@@H]2CN(S(C)(=O)=O)c3ccccc3O2)cc1OC. The van der Waals surface area contributed by atoms with Gasteiger partial charge in [-0.3, -0.25) is 9.10 Å². The maximum absolute atomic E-state index is 12.6. The minimum Gasteiger partial charge on any atom is -0.493 e. The van der Waals surface area contributed by atoms with Crippen LogP contribution in [0.4, 0.5) is 5.69 Å². The van der Waals surface area contributed by atoms with Crippen LogP contribution < -0.4 is 23.8 Å². The number of amides is 1. The van der Waals surface area contributed by atoms with E-state index in [4.69, 9.17) is 14.2 Å². The second-order valence-electron chi connectivity index (χ2n) is 6.28. The maximum Gasteiger partial charge on any atom is 0.263 e. The van der Waals surface area contributed by atoms with Crippen LogP contribution in [0, 0.1) is 0 Å². The highest BCUT2D eigenvalue weighted by atomic mass is 32.2. The van der Waals surface area contributed by atoms with Crippen LogP contribution in [0.2, 0.25) is 0 Å². The van der Waals surface area contributed by atoms with Crippen LogP contribution in [0.25, 0.3) is 0 Å². The molecular formula is C19H22N2O6S. The van der Waals surface area contributed by atoms with E-state index < -0.39 is 22.0 Å². The highest BCUT2D eigenvalue weighted by molar-refractivity contribution is 7.92. The van der Waals surface area contributed by atoms with E-state index in [1.165, 1.54) is 11.4 Å². The Balaban J connectivity index is 1.73. The highest BCUT2D eigenvalue weighted by Gasteiger charge is 2.34. The van der Waals surface area contributed by atoms with Gasteiger partial charge in [-0.15, -0.1) is 0 Å². The quantitative estimate of drug-likeness (QED) is 0.782. The van der Waals surface area contributed by atoms with Gasteiger partial charge in [0.2, 0.25) is 10.0 Å². The molecule has 8 nitrogen and oxygen atoms in total. The number of hydrogen-bond acceptors (Lipinski definition) is 6. The second-order valence-corrected chi connectivity index (χ2v) is 8.18. The number of rotatable bonds is 6. The van der Waals surface area contributed by atoms with Crippen LogP contribution >= 0.6 is 0 Å². The Hall–Kier alpha value is -2.94. The predicted molar refractivity (Wildman–Crippen MR) is 104 cm³/mol. The van der Waals surface area contributed by atoms with Crippen LogP contribution in [-0.2, 0) is 21.4 Å². The van der Waals surface area contributed by atoms with Crippen LogP contribution in [0.15, 0.2) is 42.5 Å². The number of fused-ring (bicyclic) bond motifs is 1. The number of carbonyl (C=O) groups excluding carboxylic acids is 1. The zero-order valence-electron chi connectivity index (χ0n) is 15.8. The summed E-state index contributed by atoms with van der Waals surface area (Å²) in [5.41, 5.74) is 1.23. The van der Waals surface area contributed by atoms with E-state index in [0.717, 1.165) is 11.8 Å². The summed E-state index contributed by atoms with van der Waals surface area (Å²) in [6.45, 7) is 0.146. The van der Waals surface area contributed by atoms with E-state index in [9.17, 15) is 13.2 Å². The Bertz CT molecular complexity index is 976. The van der Waals surface area contributed by atoms with Gasteiger partial charge < -0.3 is 19.5 Å². The Kier molecular flexibility index (Phi) is 5.64. The number of ether oxygens (including phenoxy) is 3. The zero-order chi connectivity index (χ0) is 20.3. The lowest BCUT2D eigenvalue weighted by Crippen LogP contribution is -2.50. The minimum absolute atomic E-state index is 0.0897. The van der Waals surface area contributed by atoms with Crippen molar-refractivity contribution < 1.29 is 27.4 Å². The fourth-order valence-electron chi connectivity index (χ4n) is 2.95. The molecule has 0 saturated heterocycles. The lowest BCUT2D eigenvalue weighted by atomic mass is 10.2. The fourth-order valence-corrected chi connectivity index (χ4v) is 3.86. The molecule has 0 aliphatic carbocycles. The van der Waals surface area contributed by atoms with Crippen LogP contribution in [0.1, 0.15) is 5.56 Å². The van der Waals surface area contributed by atoms with E-state index in [1.54, 1.807) is 43.5 Å².